The van der Waals surface area contributed by atoms with Gasteiger partial charge in [0.15, 0.2) is 11.5 Å². The minimum Gasteiger partial charge on any atom is -0.486 e. The minimum absolute atomic E-state index is 0.139. The van der Waals surface area contributed by atoms with Crippen LogP contribution in [0.3, 0.4) is 0 Å². The molecule has 2 aliphatic heterocycles. The van der Waals surface area contributed by atoms with Crippen molar-refractivity contribution in [2.24, 2.45) is 5.92 Å². The molecule has 1 saturated carbocycles. The van der Waals surface area contributed by atoms with Crippen LogP contribution in [0.25, 0.3) is 0 Å². The molecule has 1 aromatic rings. The van der Waals surface area contributed by atoms with E-state index in [1.54, 1.807) is 19.2 Å². The van der Waals surface area contributed by atoms with E-state index in [2.05, 4.69) is 5.32 Å². The van der Waals surface area contributed by atoms with E-state index in [-0.39, 0.29) is 22.8 Å². The van der Waals surface area contributed by atoms with Crippen LogP contribution in [0.5, 0.6) is 11.5 Å². The Labute approximate surface area is 171 Å². The predicted octanol–water partition coefficient (Wildman–Crippen LogP) is 1.54. The van der Waals surface area contributed by atoms with Gasteiger partial charge in [0.25, 0.3) is 0 Å². The summed E-state index contributed by atoms with van der Waals surface area (Å²) in [5, 5.41) is 2.82. The zero-order chi connectivity index (χ0) is 20.4. The maximum atomic E-state index is 13.6. The van der Waals surface area contributed by atoms with Gasteiger partial charge in [0, 0.05) is 25.8 Å². The Bertz CT molecular complexity index is 859. The Morgan fingerprint density at radius 3 is 2.76 bits per heavy atom. The summed E-state index contributed by atoms with van der Waals surface area (Å²) >= 11 is 0. The van der Waals surface area contributed by atoms with Crippen molar-refractivity contribution in [3.63, 3.8) is 0 Å². The second kappa shape index (κ2) is 8.49. The summed E-state index contributed by atoms with van der Waals surface area (Å²) in [6, 6.07) is 3.85. The number of hydrogen-bond donors (Lipinski definition) is 1. The number of carbonyl (C=O) groups is 1. The maximum Gasteiger partial charge on any atom is 0.244 e. The fourth-order valence-electron chi connectivity index (χ4n) is 4.69. The number of hydrogen-bond acceptors (Lipinski definition) is 6. The molecule has 29 heavy (non-hydrogen) atoms. The van der Waals surface area contributed by atoms with Crippen molar-refractivity contribution in [3.8, 4) is 11.5 Å². The Morgan fingerprint density at radius 1 is 1.21 bits per heavy atom. The molecule has 160 valence electrons. The molecular weight excluding hydrogens is 396 g/mol. The van der Waals surface area contributed by atoms with Crippen LogP contribution in [0.4, 0.5) is 0 Å². The van der Waals surface area contributed by atoms with Gasteiger partial charge in [-0.2, -0.15) is 4.31 Å². The molecule has 0 unspecified atom stereocenters. The zero-order valence-corrected chi connectivity index (χ0v) is 17.4. The number of methoxy groups -OCH3 is 1. The second-order valence-corrected chi connectivity index (χ2v) is 9.63. The van der Waals surface area contributed by atoms with Crippen LogP contribution in [0.1, 0.15) is 32.1 Å². The van der Waals surface area contributed by atoms with E-state index in [0.29, 0.717) is 44.3 Å². The SMILES string of the molecule is COCCNC(=O)[C@@H]1C[C@H]2CCCC[C@@H]2N1S(=O)(=O)c1ccc2c(c1)OCCO2. The smallest absolute Gasteiger partial charge is 0.244 e. The molecule has 1 N–H and O–H groups in total. The lowest BCUT2D eigenvalue weighted by Crippen LogP contribution is -2.49. The lowest BCUT2D eigenvalue weighted by molar-refractivity contribution is -0.124. The number of sulfonamides is 1. The molecule has 1 aromatic carbocycles. The quantitative estimate of drug-likeness (QED) is 0.697. The standard InChI is InChI=1S/C20H28N2O6S/c1-26-9-8-21-20(23)17-12-14-4-2-3-5-16(14)22(17)29(24,25)15-6-7-18-19(13-15)28-11-10-27-18/h6-7,13-14,16-17H,2-5,8-12H2,1H3,(H,21,23)/t14-,16+,17+/m1/s1. The van der Waals surface area contributed by atoms with Gasteiger partial charge in [0.1, 0.15) is 19.3 Å². The normalized spacial score (nSPS) is 26.7. The number of benzene rings is 1. The lowest BCUT2D eigenvalue weighted by Gasteiger charge is -2.33. The largest absolute Gasteiger partial charge is 0.486 e. The first-order valence-corrected chi connectivity index (χ1v) is 11.7. The molecule has 0 radical (unpaired) electrons. The average molecular weight is 425 g/mol. The van der Waals surface area contributed by atoms with Gasteiger partial charge in [-0.15, -0.1) is 0 Å². The van der Waals surface area contributed by atoms with Gasteiger partial charge in [0.2, 0.25) is 15.9 Å². The number of ether oxygens (including phenoxy) is 3. The first kappa shape index (κ1) is 20.4. The maximum absolute atomic E-state index is 13.6. The Kier molecular flexibility index (Phi) is 5.98. The molecule has 9 heteroatoms. The molecule has 2 fully saturated rings. The molecule has 3 atom stereocenters. The molecule has 3 aliphatic rings. The summed E-state index contributed by atoms with van der Waals surface area (Å²) in [6.45, 7) is 1.58. The van der Waals surface area contributed by atoms with E-state index in [9.17, 15) is 13.2 Å². The summed E-state index contributed by atoms with van der Waals surface area (Å²) < 4.78 is 44.8. The van der Waals surface area contributed by atoms with E-state index in [1.165, 1.54) is 10.4 Å². The van der Waals surface area contributed by atoms with Crippen LogP contribution in [0.2, 0.25) is 0 Å². The highest BCUT2D eigenvalue weighted by molar-refractivity contribution is 7.89. The molecule has 0 aromatic heterocycles. The summed E-state index contributed by atoms with van der Waals surface area (Å²) in [4.78, 5) is 13.0. The highest BCUT2D eigenvalue weighted by Crippen LogP contribution is 2.43. The summed E-state index contributed by atoms with van der Waals surface area (Å²) in [6.07, 6.45) is 4.37. The first-order valence-electron chi connectivity index (χ1n) is 10.2. The molecular formula is C20H28N2O6S. The fraction of sp³-hybridized carbons (Fsp3) is 0.650. The highest BCUT2D eigenvalue weighted by atomic mass is 32.2. The van der Waals surface area contributed by atoms with E-state index in [4.69, 9.17) is 14.2 Å². The van der Waals surface area contributed by atoms with Crippen LogP contribution >= 0.6 is 0 Å². The van der Waals surface area contributed by atoms with Crippen molar-refractivity contribution in [3.05, 3.63) is 18.2 Å². The monoisotopic (exact) mass is 424 g/mol. The second-order valence-electron chi connectivity index (χ2n) is 7.79. The number of nitrogens with zero attached hydrogens (tertiary/aromatic N) is 1. The lowest BCUT2D eigenvalue weighted by atomic mass is 9.85. The van der Waals surface area contributed by atoms with Crippen molar-refractivity contribution in [2.45, 2.75) is 49.1 Å². The molecule has 0 bridgehead atoms. The molecule has 2 heterocycles. The van der Waals surface area contributed by atoms with Crippen molar-refractivity contribution < 1.29 is 27.4 Å². The Balaban J connectivity index is 1.65. The van der Waals surface area contributed by atoms with Crippen LogP contribution in [0, 0.1) is 5.92 Å². The molecule has 4 rings (SSSR count). The number of amides is 1. The number of nitrogens with one attached hydrogen (secondary N) is 1. The van der Waals surface area contributed by atoms with Crippen molar-refractivity contribution >= 4 is 15.9 Å². The van der Waals surface area contributed by atoms with E-state index in [1.807, 2.05) is 0 Å². The third kappa shape index (κ3) is 3.95. The van der Waals surface area contributed by atoms with Gasteiger partial charge in [-0.05, 0) is 37.3 Å². The summed E-state index contributed by atoms with van der Waals surface area (Å²) in [5.74, 6) is 0.935. The van der Waals surface area contributed by atoms with E-state index < -0.39 is 16.1 Å². The number of carbonyl (C=O) groups excluding carboxylic acids is 1. The number of fused-ring (bicyclic) bond motifs is 2. The third-order valence-corrected chi connectivity index (χ3v) is 7.96. The molecule has 1 saturated heterocycles. The Hall–Kier alpha value is -1.84. The topological polar surface area (TPSA) is 94.2 Å². The van der Waals surface area contributed by atoms with Crippen molar-refractivity contribution in [2.75, 3.05) is 33.5 Å². The van der Waals surface area contributed by atoms with Gasteiger partial charge >= 0.3 is 0 Å². The summed E-state index contributed by atoms with van der Waals surface area (Å²) in [7, 11) is -2.30. The van der Waals surface area contributed by atoms with Gasteiger partial charge in [-0.1, -0.05) is 12.8 Å². The molecule has 1 amide bonds. The third-order valence-electron chi connectivity index (χ3n) is 6.03. The first-order chi connectivity index (χ1) is 14.0. The van der Waals surface area contributed by atoms with Crippen LogP contribution in [0.15, 0.2) is 23.1 Å². The van der Waals surface area contributed by atoms with Gasteiger partial charge < -0.3 is 19.5 Å². The highest BCUT2D eigenvalue weighted by Gasteiger charge is 2.51. The molecule has 8 nitrogen and oxygen atoms in total. The average Bonchev–Trinajstić information content (AvgIpc) is 3.14. The van der Waals surface area contributed by atoms with E-state index >= 15 is 0 Å². The van der Waals surface area contributed by atoms with Crippen LogP contribution in [-0.4, -0.2) is 64.2 Å². The zero-order valence-electron chi connectivity index (χ0n) is 16.6. The van der Waals surface area contributed by atoms with Gasteiger partial charge in [-0.3, -0.25) is 4.79 Å². The fourth-order valence-corrected chi connectivity index (χ4v) is 6.58. The van der Waals surface area contributed by atoms with Gasteiger partial charge in [-0.25, -0.2) is 8.42 Å². The molecule has 1 aliphatic carbocycles. The Morgan fingerprint density at radius 2 is 1.97 bits per heavy atom. The predicted molar refractivity (Wildman–Crippen MR) is 105 cm³/mol. The molecule has 0 spiro atoms. The van der Waals surface area contributed by atoms with Crippen LogP contribution in [-0.2, 0) is 19.6 Å². The number of rotatable bonds is 6. The van der Waals surface area contributed by atoms with Crippen molar-refractivity contribution in [1.82, 2.24) is 9.62 Å². The van der Waals surface area contributed by atoms with E-state index in [0.717, 1.165) is 25.7 Å². The van der Waals surface area contributed by atoms with Crippen LogP contribution < -0.4 is 14.8 Å². The summed E-state index contributed by atoms with van der Waals surface area (Å²) in [5.41, 5.74) is 0. The van der Waals surface area contributed by atoms with Gasteiger partial charge in [0.05, 0.1) is 11.5 Å². The van der Waals surface area contributed by atoms with Crippen molar-refractivity contribution in [1.29, 1.82) is 0 Å². The minimum atomic E-state index is -3.86.